The molecule has 2 rings (SSSR count). The zero-order chi connectivity index (χ0) is 14.4. The lowest BCUT2D eigenvalue weighted by molar-refractivity contribution is -0.131. The van der Waals surface area contributed by atoms with Crippen LogP contribution in [0.15, 0.2) is 54.9 Å². The molecular formula is C14H13N3O3. The molecule has 1 amide bonds. The fraction of sp³-hybridized carbons (Fsp3) is 0.0714. The maximum atomic E-state index is 11.3. The normalized spacial score (nSPS) is 10.6. The number of nitrogens with zero attached hydrogens (tertiary/aromatic N) is 2. The molecule has 20 heavy (non-hydrogen) atoms. The van der Waals surface area contributed by atoms with Crippen molar-refractivity contribution in [1.82, 2.24) is 15.1 Å². The van der Waals surface area contributed by atoms with Crippen molar-refractivity contribution in [3.8, 4) is 5.69 Å². The largest absolute Gasteiger partial charge is 0.478 e. The summed E-state index contributed by atoms with van der Waals surface area (Å²) in [5, 5.41) is 15.2. The Bertz CT molecular complexity index is 632. The van der Waals surface area contributed by atoms with E-state index >= 15 is 0 Å². The van der Waals surface area contributed by atoms with E-state index in [9.17, 15) is 9.59 Å². The van der Waals surface area contributed by atoms with Gasteiger partial charge in [-0.2, -0.15) is 5.10 Å². The number of hydrogen-bond donors (Lipinski definition) is 2. The molecule has 1 aromatic heterocycles. The van der Waals surface area contributed by atoms with Crippen LogP contribution in [0.25, 0.3) is 5.69 Å². The van der Waals surface area contributed by atoms with Gasteiger partial charge in [0.2, 0.25) is 5.91 Å². The molecule has 1 heterocycles. The van der Waals surface area contributed by atoms with Gasteiger partial charge in [0.25, 0.3) is 0 Å². The Hall–Kier alpha value is -2.89. The van der Waals surface area contributed by atoms with Gasteiger partial charge in [-0.05, 0) is 12.1 Å². The zero-order valence-corrected chi connectivity index (χ0v) is 10.6. The minimum Gasteiger partial charge on any atom is -0.478 e. The van der Waals surface area contributed by atoms with Crippen molar-refractivity contribution in [3.63, 3.8) is 0 Å². The van der Waals surface area contributed by atoms with Crippen LogP contribution in [-0.4, -0.2) is 26.8 Å². The third-order valence-corrected chi connectivity index (χ3v) is 2.50. The summed E-state index contributed by atoms with van der Waals surface area (Å²) in [4.78, 5) is 21.6. The third-order valence-electron chi connectivity index (χ3n) is 2.50. The van der Waals surface area contributed by atoms with E-state index in [2.05, 4.69) is 10.4 Å². The SMILES string of the molecule is O=C(O)/C=C/C(=O)NCc1cnn(-c2ccccc2)c1. The van der Waals surface area contributed by atoms with Gasteiger partial charge >= 0.3 is 5.97 Å². The molecule has 0 atom stereocenters. The number of hydrogen-bond acceptors (Lipinski definition) is 3. The van der Waals surface area contributed by atoms with Gasteiger partial charge < -0.3 is 10.4 Å². The number of carbonyl (C=O) groups is 2. The molecule has 0 radical (unpaired) electrons. The molecular weight excluding hydrogens is 258 g/mol. The summed E-state index contributed by atoms with van der Waals surface area (Å²) in [5.74, 6) is -1.61. The van der Waals surface area contributed by atoms with Gasteiger partial charge in [-0.15, -0.1) is 0 Å². The molecule has 6 nitrogen and oxygen atoms in total. The number of aromatic nitrogens is 2. The molecule has 102 valence electrons. The molecule has 0 aliphatic carbocycles. The van der Waals surface area contributed by atoms with Crippen molar-refractivity contribution in [2.24, 2.45) is 0 Å². The first kappa shape index (κ1) is 13.5. The number of carbonyl (C=O) groups excluding carboxylic acids is 1. The molecule has 0 aliphatic rings. The van der Waals surface area contributed by atoms with E-state index in [0.29, 0.717) is 0 Å². The van der Waals surface area contributed by atoms with Crippen LogP contribution < -0.4 is 5.32 Å². The van der Waals surface area contributed by atoms with Crippen LogP contribution in [-0.2, 0) is 16.1 Å². The first-order valence-electron chi connectivity index (χ1n) is 5.93. The Morgan fingerprint density at radius 2 is 2.00 bits per heavy atom. The quantitative estimate of drug-likeness (QED) is 0.798. The molecule has 0 fully saturated rings. The highest BCUT2D eigenvalue weighted by molar-refractivity contribution is 5.93. The van der Waals surface area contributed by atoms with E-state index in [1.807, 2.05) is 30.3 Å². The topological polar surface area (TPSA) is 84.2 Å². The van der Waals surface area contributed by atoms with Crippen molar-refractivity contribution >= 4 is 11.9 Å². The molecule has 2 aromatic rings. The molecule has 0 aliphatic heterocycles. The van der Waals surface area contributed by atoms with Gasteiger partial charge in [0.1, 0.15) is 0 Å². The zero-order valence-electron chi connectivity index (χ0n) is 10.6. The lowest BCUT2D eigenvalue weighted by atomic mass is 10.3. The second-order valence-corrected chi connectivity index (χ2v) is 4.02. The average molecular weight is 271 g/mol. The van der Waals surface area contributed by atoms with Crippen molar-refractivity contribution in [2.45, 2.75) is 6.54 Å². The summed E-state index contributed by atoms with van der Waals surface area (Å²) in [6.45, 7) is 0.287. The van der Waals surface area contributed by atoms with E-state index in [-0.39, 0.29) is 6.54 Å². The van der Waals surface area contributed by atoms with Gasteiger partial charge in [0.15, 0.2) is 0 Å². The van der Waals surface area contributed by atoms with E-state index in [0.717, 1.165) is 23.4 Å². The number of nitrogens with one attached hydrogen (secondary N) is 1. The van der Waals surface area contributed by atoms with Crippen LogP contribution in [0.4, 0.5) is 0 Å². The van der Waals surface area contributed by atoms with E-state index in [1.54, 1.807) is 17.1 Å². The summed E-state index contributed by atoms with van der Waals surface area (Å²) in [6.07, 6.45) is 5.22. The highest BCUT2D eigenvalue weighted by atomic mass is 16.4. The van der Waals surface area contributed by atoms with Crippen LogP contribution in [0.5, 0.6) is 0 Å². The summed E-state index contributed by atoms with van der Waals surface area (Å²) < 4.78 is 1.70. The Morgan fingerprint density at radius 3 is 2.70 bits per heavy atom. The minimum atomic E-state index is -1.16. The summed E-state index contributed by atoms with van der Waals surface area (Å²) in [6, 6.07) is 9.59. The second-order valence-electron chi connectivity index (χ2n) is 4.02. The first-order valence-corrected chi connectivity index (χ1v) is 5.93. The number of aliphatic carboxylic acids is 1. The van der Waals surface area contributed by atoms with Crippen LogP contribution in [0.2, 0.25) is 0 Å². The van der Waals surface area contributed by atoms with E-state index in [1.165, 1.54) is 0 Å². The van der Waals surface area contributed by atoms with E-state index < -0.39 is 11.9 Å². The van der Waals surface area contributed by atoms with Crippen molar-refractivity contribution in [2.75, 3.05) is 0 Å². The smallest absolute Gasteiger partial charge is 0.328 e. The fourth-order valence-electron chi connectivity index (χ4n) is 1.57. The predicted octanol–water partition coefficient (Wildman–Crippen LogP) is 1.13. The molecule has 1 aromatic carbocycles. The van der Waals surface area contributed by atoms with Gasteiger partial charge in [-0.3, -0.25) is 4.79 Å². The highest BCUT2D eigenvalue weighted by Crippen LogP contribution is 2.07. The van der Waals surface area contributed by atoms with Crippen molar-refractivity contribution < 1.29 is 14.7 Å². The lowest BCUT2D eigenvalue weighted by Gasteiger charge is -2.00. The maximum absolute atomic E-state index is 11.3. The Balaban J connectivity index is 1.94. The second kappa shape index (κ2) is 6.33. The Labute approximate surface area is 115 Å². The van der Waals surface area contributed by atoms with Crippen molar-refractivity contribution in [3.05, 3.63) is 60.4 Å². The molecule has 6 heteroatoms. The molecule has 0 bridgehead atoms. The maximum Gasteiger partial charge on any atom is 0.328 e. The van der Waals surface area contributed by atoms with Crippen LogP contribution >= 0.6 is 0 Å². The van der Waals surface area contributed by atoms with Gasteiger partial charge in [0.05, 0.1) is 11.9 Å². The highest BCUT2D eigenvalue weighted by Gasteiger charge is 2.02. The van der Waals surface area contributed by atoms with E-state index in [4.69, 9.17) is 5.11 Å². The number of amides is 1. The number of para-hydroxylation sites is 1. The molecule has 0 saturated carbocycles. The predicted molar refractivity (Wildman–Crippen MR) is 72.2 cm³/mol. The number of rotatable bonds is 5. The molecule has 0 saturated heterocycles. The first-order chi connectivity index (χ1) is 9.65. The summed E-state index contributed by atoms with van der Waals surface area (Å²) in [7, 11) is 0. The lowest BCUT2D eigenvalue weighted by Crippen LogP contribution is -2.20. The van der Waals surface area contributed by atoms with Crippen LogP contribution in [0.3, 0.4) is 0 Å². The third kappa shape index (κ3) is 3.81. The molecule has 0 spiro atoms. The summed E-state index contributed by atoms with van der Waals surface area (Å²) >= 11 is 0. The van der Waals surface area contributed by atoms with Gasteiger partial charge in [-0.1, -0.05) is 18.2 Å². The minimum absolute atomic E-state index is 0.287. The summed E-state index contributed by atoms with van der Waals surface area (Å²) in [5.41, 5.74) is 1.75. The number of carboxylic acid groups (broad SMARTS) is 1. The standard InChI is InChI=1S/C14H13N3O3/c18-13(6-7-14(19)20)15-8-11-9-16-17(10-11)12-4-2-1-3-5-12/h1-7,9-10H,8H2,(H,15,18)(H,19,20)/b7-6+. The monoisotopic (exact) mass is 271 g/mol. The number of benzene rings is 1. The van der Waals surface area contributed by atoms with Crippen LogP contribution in [0, 0.1) is 0 Å². The average Bonchev–Trinajstić information content (AvgIpc) is 2.93. The number of carboxylic acids is 1. The van der Waals surface area contributed by atoms with Gasteiger partial charge in [-0.25, -0.2) is 9.48 Å². The Morgan fingerprint density at radius 1 is 1.25 bits per heavy atom. The fourth-order valence-corrected chi connectivity index (χ4v) is 1.57. The molecule has 2 N–H and O–H groups in total. The van der Waals surface area contributed by atoms with Gasteiger partial charge in [0, 0.05) is 30.5 Å². The van der Waals surface area contributed by atoms with Crippen molar-refractivity contribution in [1.29, 1.82) is 0 Å². The van der Waals surface area contributed by atoms with Crippen LogP contribution in [0.1, 0.15) is 5.56 Å². The Kier molecular flexibility index (Phi) is 4.28. The molecule has 0 unspecified atom stereocenters.